The number of aromatic nitrogens is 1. The minimum atomic E-state index is -0.523. The SMILES string of the molecule is Cc1ccc2cc3n(c2c1)C(=O)c1ccccc1N1C(=O)CCCC31C. The first-order valence-electron chi connectivity index (χ1n) is 9.10. The lowest BCUT2D eigenvalue weighted by Gasteiger charge is -2.44. The van der Waals surface area contributed by atoms with E-state index >= 15 is 0 Å². The van der Waals surface area contributed by atoms with Gasteiger partial charge in [0.2, 0.25) is 5.91 Å². The summed E-state index contributed by atoms with van der Waals surface area (Å²) in [7, 11) is 0. The van der Waals surface area contributed by atoms with E-state index in [2.05, 4.69) is 31.2 Å². The molecule has 4 heteroatoms. The number of fused-ring (bicyclic) bond motifs is 7. The van der Waals surface area contributed by atoms with Crippen molar-refractivity contribution in [3.05, 3.63) is 65.4 Å². The van der Waals surface area contributed by atoms with E-state index in [-0.39, 0.29) is 11.8 Å². The van der Waals surface area contributed by atoms with E-state index in [1.54, 1.807) is 0 Å². The molecule has 0 radical (unpaired) electrons. The molecular formula is C22H20N2O2. The minimum Gasteiger partial charge on any atom is -0.300 e. The van der Waals surface area contributed by atoms with Gasteiger partial charge >= 0.3 is 0 Å². The average molecular weight is 344 g/mol. The van der Waals surface area contributed by atoms with Gasteiger partial charge < -0.3 is 4.90 Å². The number of para-hydroxylation sites is 1. The highest BCUT2D eigenvalue weighted by molar-refractivity contribution is 6.11. The summed E-state index contributed by atoms with van der Waals surface area (Å²) in [6.07, 6.45) is 2.20. The molecule has 1 amide bonds. The number of aryl methyl sites for hydroxylation is 1. The maximum Gasteiger partial charge on any atom is 0.264 e. The maximum atomic E-state index is 13.5. The highest BCUT2D eigenvalue weighted by Gasteiger charge is 2.47. The van der Waals surface area contributed by atoms with Crippen LogP contribution < -0.4 is 4.90 Å². The molecule has 0 saturated carbocycles. The van der Waals surface area contributed by atoms with Crippen LogP contribution in [-0.2, 0) is 10.3 Å². The fraction of sp³-hybridized carbons (Fsp3) is 0.273. The molecule has 1 fully saturated rings. The fourth-order valence-electron chi connectivity index (χ4n) is 4.62. The summed E-state index contributed by atoms with van der Waals surface area (Å²) in [6, 6.07) is 15.8. The first-order valence-corrected chi connectivity index (χ1v) is 9.10. The van der Waals surface area contributed by atoms with Gasteiger partial charge in [-0.15, -0.1) is 0 Å². The fourth-order valence-corrected chi connectivity index (χ4v) is 4.62. The highest BCUT2D eigenvalue weighted by atomic mass is 16.2. The van der Waals surface area contributed by atoms with Crippen molar-refractivity contribution in [1.82, 2.24) is 4.57 Å². The van der Waals surface area contributed by atoms with Gasteiger partial charge in [-0.25, -0.2) is 0 Å². The molecule has 0 N–H and O–H groups in total. The normalized spacial score (nSPS) is 22.0. The smallest absolute Gasteiger partial charge is 0.264 e. The number of nitrogens with zero attached hydrogens (tertiary/aromatic N) is 2. The number of amides is 1. The van der Waals surface area contributed by atoms with Gasteiger partial charge in [-0.1, -0.05) is 24.3 Å². The van der Waals surface area contributed by atoms with Crippen LogP contribution in [0.5, 0.6) is 0 Å². The van der Waals surface area contributed by atoms with Crippen LogP contribution in [0.25, 0.3) is 10.9 Å². The number of carbonyl (C=O) groups is 2. The standard InChI is InChI=1S/C22H20N2O2/c1-14-9-10-15-13-19-22(2)11-5-8-20(25)24(22)17-7-4-3-6-16(17)21(26)23(19)18(15)12-14/h3-4,6-7,9-10,12-13H,5,8,11H2,1-2H3. The monoisotopic (exact) mass is 344 g/mol. The number of carbonyl (C=O) groups excluding carboxylic acids is 2. The third kappa shape index (κ3) is 1.84. The molecule has 0 spiro atoms. The van der Waals surface area contributed by atoms with Crippen molar-refractivity contribution in [2.24, 2.45) is 0 Å². The van der Waals surface area contributed by atoms with Crippen LogP contribution in [0, 0.1) is 6.92 Å². The van der Waals surface area contributed by atoms with Gasteiger partial charge in [0.25, 0.3) is 5.91 Å². The Labute approximate surface area is 152 Å². The summed E-state index contributed by atoms with van der Waals surface area (Å²) in [5.41, 5.74) is 3.74. The first-order chi connectivity index (χ1) is 12.5. The van der Waals surface area contributed by atoms with E-state index < -0.39 is 5.54 Å². The molecule has 5 rings (SSSR count). The molecular weight excluding hydrogens is 324 g/mol. The number of benzene rings is 2. The molecule has 0 aliphatic carbocycles. The van der Waals surface area contributed by atoms with Crippen molar-refractivity contribution in [2.45, 2.75) is 38.6 Å². The summed E-state index contributed by atoms with van der Waals surface area (Å²) in [4.78, 5) is 28.3. The molecule has 130 valence electrons. The predicted octanol–water partition coefficient (Wildman–Crippen LogP) is 4.38. The summed E-state index contributed by atoms with van der Waals surface area (Å²) in [5.74, 6) is 0.0357. The van der Waals surface area contributed by atoms with Crippen LogP contribution in [0.15, 0.2) is 48.5 Å². The first kappa shape index (κ1) is 15.4. The van der Waals surface area contributed by atoms with Crippen molar-refractivity contribution in [3.8, 4) is 0 Å². The second-order valence-corrected chi connectivity index (χ2v) is 7.61. The Balaban J connectivity index is 1.94. The predicted molar refractivity (Wildman–Crippen MR) is 102 cm³/mol. The van der Waals surface area contributed by atoms with E-state index in [0.29, 0.717) is 12.0 Å². The lowest BCUT2D eigenvalue weighted by atomic mass is 9.84. The Hall–Kier alpha value is -2.88. The summed E-state index contributed by atoms with van der Waals surface area (Å²) in [5, 5.41) is 1.04. The lowest BCUT2D eigenvalue weighted by Crippen LogP contribution is -2.51. The Kier molecular flexibility index (Phi) is 3.00. The van der Waals surface area contributed by atoms with Crippen molar-refractivity contribution < 1.29 is 9.59 Å². The zero-order valence-electron chi connectivity index (χ0n) is 15.0. The summed E-state index contributed by atoms with van der Waals surface area (Å²) < 4.78 is 1.83. The van der Waals surface area contributed by atoms with Crippen molar-refractivity contribution in [3.63, 3.8) is 0 Å². The third-order valence-corrected chi connectivity index (χ3v) is 5.89. The molecule has 1 atom stereocenters. The van der Waals surface area contributed by atoms with Crippen LogP contribution in [0.4, 0.5) is 5.69 Å². The van der Waals surface area contributed by atoms with Gasteiger partial charge in [-0.05, 0) is 56.5 Å². The van der Waals surface area contributed by atoms with E-state index in [1.165, 1.54) is 0 Å². The zero-order chi connectivity index (χ0) is 18.1. The van der Waals surface area contributed by atoms with Gasteiger partial charge in [-0.2, -0.15) is 0 Å². The molecule has 2 aromatic carbocycles. The van der Waals surface area contributed by atoms with Crippen molar-refractivity contribution in [2.75, 3.05) is 4.90 Å². The van der Waals surface area contributed by atoms with Crippen LogP contribution in [0.3, 0.4) is 0 Å². The number of hydrogen-bond donors (Lipinski definition) is 0. The molecule has 0 bridgehead atoms. The van der Waals surface area contributed by atoms with E-state index in [0.717, 1.165) is 40.7 Å². The van der Waals surface area contributed by atoms with Gasteiger partial charge in [-0.3, -0.25) is 14.2 Å². The highest BCUT2D eigenvalue weighted by Crippen LogP contribution is 2.46. The van der Waals surface area contributed by atoms with Crippen LogP contribution in [-0.4, -0.2) is 16.4 Å². The molecule has 1 aromatic heterocycles. The second-order valence-electron chi connectivity index (χ2n) is 7.61. The van der Waals surface area contributed by atoms with Gasteiger partial charge in [0.1, 0.15) is 0 Å². The Bertz CT molecular complexity index is 1090. The summed E-state index contributed by atoms with van der Waals surface area (Å²) in [6.45, 7) is 4.13. The quantitative estimate of drug-likeness (QED) is 0.607. The molecule has 3 heterocycles. The molecule has 1 unspecified atom stereocenters. The Morgan fingerprint density at radius 3 is 2.69 bits per heavy atom. The topological polar surface area (TPSA) is 42.3 Å². The number of piperidine rings is 1. The Morgan fingerprint density at radius 2 is 1.85 bits per heavy atom. The lowest BCUT2D eigenvalue weighted by molar-refractivity contribution is -0.121. The Morgan fingerprint density at radius 1 is 1.04 bits per heavy atom. The summed E-state index contributed by atoms with van der Waals surface area (Å²) >= 11 is 0. The van der Waals surface area contributed by atoms with Gasteiger partial charge in [0, 0.05) is 11.8 Å². The molecule has 3 aromatic rings. The van der Waals surface area contributed by atoms with Gasteiger partial charge in [0.15, 0.2) is 0 Å². The minimum absolute atomic E-state index is 0.0559. The number of anilines is 1. The van der Waals surface area contributed by atoms with Crippen LogP contribution in [0.2, 0.25) is 0 Å². The van der Waals surface area contributed by atoms with E-state index in [4.69, 9.17) is 0 Å². The van der Waals surface area contributed by atoms with Crippen LogP contribution >= 0.6 is 0 Å². The zero-order valence-corrected chi connectivity index (χ0v) is 15.0. The number of rotatable bonds is 0. The molecule has 26 heavy (non-hydrogen) atoms. The molecule has 1 saturated heterocycles. The third-order valence-electron chi connectivity index (χ3n) is 5.89. The maximum absolute atomic E-state index is 13.5. The number of hydrogen-bond acceptors (Lipinski definition) is 2. The van der Waals surface area contributed by atoms with Crippen LogP contribution in [0.1, 0.15) is 47.8 Å². The molecule has 4 nitrogen and oxygen atoms in total. The average Bonchev–Trinajstić information content (AvgIpc) is 2.97. The largest absolute Gasteiger partial charge is 0.300 e. The molecule has 2 aliphatic rings. The van der Waals surface area contributed by atoms with Gasteiger partial charge in [0.05, 0.1) is 28.0 Å². The van der Waals surface area contributed by atoms with Crippen molar-refractivity contribution >= 4 is 28.4 Å². The van der Waals surface area contributed by atoms with E-state index in [9.17, 15) is 9.59 Å². The van der Waals surface area contributed by atoms with E-state index in [1.807, 2.05) is 40.7 Å². The second kappa shape index (κ2) is 5.07. The van der Waals surface area contributed by atoms with Crippen molar-refractivity contribution in [1.29, 1.82) is 0 Å². The molecule has 2 aliphatic heterocycles.